The molecule has 0 spiro atoms. The van der Waals surface area contributed by atoms with Crippen molar-refractivity contribution < 1.29 is 4.79 Å². The molecule has 0 aliphatic carbocycles. The number of nitrogens with zero attached hydrogens (tertiary/aromatic N) is 1. The van der Waals surface area contributed by atoms with Crippen molar-refractivity contribution in [2.24, 2.45) is 0 Å². The number of aryl methyl sites for hydroxylation is 1. The summed E-state index contributed by atoms with van der Waals surface area (Å²) in [6, 6.07) is 5.60. The van der Waals surface area contributed by atoms with Crippen LogP contribution in [0.5, 0.6) is 0 Å². The summed E-state index contributed by atoms with van der Waals surface area (Å²) < 4.78 is 0.809. The van der Waals surface area contributed by atoms with Crippen molar-refractivity contribution in [1.29, 1.82) is 0 Å². The Morgan fingerprint density at radius 1 is 1.50 bits per heavy atom. The Balaban J connectivity index is 2.21. The summed E-state index contributed by atoms with van der Waals surface area (Å²) in [4.78, 5) is 16.7. The molecule has 0 fully saturated rings. The summed E-state index contributed by atoms with van der Waals surface area (Å²) in [6.07, 6.45) is 1.66. The molecule has 0 bridgehead atoms. The number of rotatable bonds is 2. The van der Waals surface area contributed by atoms with E-state index in [0.717, 1.165) is 10.0 Å². The largest absolute Gasteiger partial charge is 0.306 e. The van der Waals surface area contributed by atoms with Crippen LogP contribution in [0.1, 0.15) is 15.2 Å². The summed E-state index contributed by atoms with van der Waals surface area (Å²) in [7, 11) is 0. The topological polar surface area (TPSA) is 42.0 Å². The average Bonchev–Trinajstić information content (AvgIpc) is 2.68. The molecule has 0 unspecified atom stereocenters. The van der Waals surface area contributed by atoms with Crippen molar-refractivity contribution in [1.82, 2.24) is 4.98 Å². The molecular weight excluding hydrogens is 288 g/mol. The van der Waals surface area contributed by atoms with E-state index >= 15 is 0 Å². The van der Waals surface area contributed by atoms with Crippen molar-refractivity contribution in [3.05, 3.63) is 44.7 Å². The Kier molecular flexibility index (Phi) is 3.36. The van der Waals surface area contributed by atoms with Crippen molar-refractivity contribution in [3.8, 4) is 0 Å². The van der Waals surface area contributed by atoms with E-state index in [-0.39, 0.29) is 5.91 Å². The van der Waals surface area contributed by atoms with Gasteiger partial charge in [-0.05, 0) is 45.9 Å². The highest BCUT2D eigenvalue weighted by Crippen LogP contribution is 2.23. The third kappa shape index (κ3) is 2.31. The minimum atomic E-state index is -0.135. The number of carbonyl (C=O) groups excluding carboxylic acids is 1. The molecule has 82 valence electrons. The maximum Gasteiger partial charge on any atom is 0.268 e. The van der Waals surface area contributed by atoms with Crippen molar-refractivity contribution in [2.45, 2.75) is 6.92 Å². The molecule has 0 saturated heterocycles. The Bertz CT molecular complexity index is 524. The predicted octanol–water partition coefficient (Wildman–Crippen LogP) is 3.47. The second kappa shape index (κ2) is 4.76. The van der Waals surface area contributed by atoms with Crippen molar-refractivity contribution in [2.75, 3.05) is 5.32 Å². The van der Waals surface area contributed by atoms with Gasteiger partial charge < -0.3 is 5.32 Å². The third-order valence-electron chi connectivity index (χ3n) is 2.06. The monoisotopic (exact) mass is 296 g/mol. The maximum atomic E-state index is 11.9. The van der Waals surface area contributed by atoms with Crippen LogP contribution in [-0.2, 0) is 0 Å². The molecule has 0 atom stereocenters. The summed E-state index contributed by atoms with van der Waals surface area (Å²) in [5.41, 5.74) is 0.948. The van der Waals surface area contributed by atoms with Crippen LogP contribution in [0.15, 0.2) is 34.2 Å². The first-order valence-corrected chi connectivity index (χ1v) is 6.31. The third-order valence-corrected chi connectivity index (χ3v) is 3.90. The van der Waals surface area contributed by atoms with Gasteiger partial charge in [-0.15, -0.1) is 11.3 Å². The van der Waals surface area contributed by atoms with Gasteiger partial charge in [-0.25, -0.2) is 4.98 Å². The van der Waals surface area contributed by atoms with E-state index in [1.807, 2.05) is 30.5 Å². The SMILES string of the molecule is Cc1cccnc1NC(=O)c1sccc1Br. The van der Waals surface area contributed by atoms with Gasteiger partial charge in [0, 0.05) is 10.7 Å². The van der Waals surface area contributed by atoms with Gasteiger partial charge in [0.05, 0.1) is 0 Å². The van der Waals surface area contributed by atoms with Gasteiger partial charge in [-0.3, -0.25) is 4.79 Å². The first-order valence-electron chi connectivity index (χ1n) is 4.64. The lowest BCUT2D eigenvalue weighted by Gasteiger charge is -2.05. The van der Waals surface area contributed by atoms with E-state index in [4.69, 9.17) is 0 Å². The number of carbonyl (C=O) groups is 1. The van der Waals surface area contributed by atoms with Crippen molar-refractivity contribution >= 4 is 39.0 Å². The van der Waals surface area contributed by atoms with Gasteiger partial charge in [0.15, 0.2) is 0 Å². The highest BCUT2D eigenvalue weighted by molar-refractivity contribution is 9.10. The fraction of sp³-hybridized carbons (Fsp3) is 0.0909. The van der Waals surface area contributed by atoms with E-state index in [1.54, 1.807) is 6.20 Å². The van der Waals surface area contributed by atoms with Gasteiger partial charge in [0.1, 0.15) is 10.7 Å². The number of thiophene rings is 1. The second-order valence-corrected chi connectivity index (χ2v) is 4.99. The van der Waals surface area contributed by atoms with Crippen molar-refractivity contribution in [3.63, 3.8) is 0 Å². The second-order valence-electron chi connectivity index (χ2n) is 3.22. The molecule has 0 aliphatic rings. The lowest BCUT2D eigenvalue weighted by molar-refractivity contribution is 0.102. The number of hydrogen-bond donors (Lipinski definition) is 1. The van der Waals surface area contributed by atoms with Crippen LogP contribution < -0.4 is 5.32 Å². The lowest BCUT2D eigenvalue weighted by atomic mass is 10.3. The fourth-order valence-corrected chi connectivity index (χ4v) is 2.68. The van der Waals surface area contributed by atoms with Gasteiger partial charge in [0.25, 0.3) is 5.91 Å². The summed E-state index contributed by atoms with van der Waals surface area (Å²) in [5, 5.41) is 4.65. The number of halogens is 1. The Morgan fingerprint density at radius 3 is 2.94 bits per heavy atom. The minimum Gasteiger partial charge on any atom is -0.306 e. The number of anilines is 1. The van der Waals surface area contributed by atoms with E-state index in [2.05, 4.69) is 26.2 Å². The zero-order valence-electron chi connectivity index (χ0n) is 8.53. The van der Waals surface area contributed by atoms with Crippen LogP contribution in [0.4, 0.5) is 5.82 Å². The normalized spacial score (nSPS) is 10.1. The minimum absolute atomic E-state index is 0.135. The molecule has 2 rings (SSSR count). The molecule has 0 aliphatic heterocycles. The number of nitrogens with one attached hydrogen (secondary N) is 1. The summed E-state index contributed by atoms with van der Waals surface area (Å²) in [5.74, 6) is 0.469. The summed E-state index contributed by atoms with van der Waals surface area (Å²) >= 11 is 4.72. The van der Waals surface area contributed by atoms with Crippen LogP contribution in [0.25, 0.3) is 0 Å². The van der Waals surface area contributed by atoms with Gasteiger partial charge in [0.2, 0.25) is 0 Å². The standard InChI is InChI=1S/C11H9BrN2OS/c1-7-3-2-5-13-10(7)14-11(15)9-8(12)4-6-16-9/h2-6H,1H3,(H,13,14,15). The fourth-order valence-electron chi connectivity index (χ4n) is 1.24. The molecule has 0 radical (unpaired) electrons. The molecule has 0 saturated carbocycles. The van der Waals surface area contributed by atoms with E-state index in [0.29, 0.717) is 10.7 Å². The molecule has 2 aromatic rings. The molecule has 1 N–H and O–H groups in total. The summed E-state index contributed by atoms with van der Waals surface area (Å²) in [6.45, 7) is 1.91. The first-order chi connectivity index (χ1) is 7.68. The molecule has 1 amide bonds. The van der Waals surface area contributed by atoms with Gasteiger partial charge >= 0.3 is 0 Å². The molecule has 3 nitrogen and oxygen atoms in total. The molecule has 2 aromatic heterocycles. The first kappa shape index (κ1) is 11.3. The van der Waals surface area contributed by atoms with Gasteiger partial charge in [-0.2, -0.15) is 0 Å². The number of pyridine rings is 1. The van der Waals surface area contributed by atoms with Crippen LogP contribution in [0, 0.1) is 6.92 Å². The average molecular weight is 297 g/mol. The number of hydrogen-bond acceptors (Lipinski definition) is 3. The molecule has 16 heavy (non-hydrogen) atoms. The van der Waals surface area contributed by atoms with Crippen LogP contribution in [-0.4, -0.2) is 10.9 Å². The Morgan fingerprint density at radius 2 is 2.31 bits per heavy atom. The lowest BCUT2D eigenvalue weighted by Crippen LogP contribution is -2.12. The number of amides is 1. The number of aromatic nitrogens is 1. The Hall–Kier alpha value is -1.20. The Labute approximate surface area is 106 Å². The maximum absolute atomic E-state index is 11.9. The van der Waals surface area contributed by atoms with E-state index in [9.17, 15) is 4.79 Å². The molecule has 2 heterocycles. The van der Waals surface area contributed by atoms with Crippen LogP contribution in [0.2, 0.25) is 0 Å². The van der Waals surface area contributed by atoms with E-state index in [1.165, 1.54) is 11.3 Å². The quantitative estimate of drug-likeness (QED) is 0.922. The van der Waals surface area contributed by atoms with Gasteiger partial charge in [-0.1, -0.05) is 6.07 Å². The molecule has 5 heteroatoms. The highest BCUT2D eigenvalue weighted by atomic mass is 79.9. The van der Waals surface area contributed by atoms with E-state index < -0.39 is 0 Å². The molecular formula is C11H9BrN2OS. The van der Waals surface area contributed by atoms with Crippen LogP contribution >= 0.6 is 27.3 Å². The van der Waals surface area contributed by atoms with Crippen LogP contribution in [0.3, 0.4) is 0 Å². The predicted molar refractivity (Wildman–Crippen MR) is 68.9 cm³/mol. The smallest absolute Gasteiger partial charge is 0.268 e. The zero-order valence-corrected chi connectivity index (χ0v) is 10.9. The zero-order chi connectivity index (χ0) is 11.5. The molecule has 0 aromatic carbocycles. The highest BCUT2D eigenvalue weighted by Gasteiger charge is 2.12.